The Labute approximate surface area is 183 Å². The normalized spacial score (nSPS) is 10.6. The fraction of sp³-hybridized carbons (Fsp3) is 0.0833. The molecule has 0 atom stereocenters. The van der Waals surface area contributed by atoms with Crippen molar-refractivity contribution < 1.29 is 14.0 Å². The topological polar surface area (TPSA) is 99.8 Å². The van der Waals surface area contributed by atoms with E-state index in [1.165, 1.54) is 18.2 Å². The first-order chi connectivity index (χ1) is 15.4. The van der Waals surface area contributed by atoms with Gasteiger partial charge in [-0.3, -0.25) is 14.7 Å². The molecule has 160 valence electrons. The van der Waals surface area contributed by atoms with Crippen LogP contribution in [-0.2, 0) is 0 Å². The summed E-state index contributed by atoms with van der Waals surface area (Å²) in [6.07, 6.45) is 0. The summed E-state index contributed by atoms with van der Waals surface area (Å²) < 4.78 is 13.9. The maximum atomic E-state index is 13.9. The number of amides is 2. The van der Waals surface area contributed by atoms with E-state index in [9.17, 15) is 14.0 Å². The fourth-order valence-electron chi connectivity index (χ4n) is 3.11. The number of nitrogens with one attached hydrogen (secondary N) is 3. The number of aromatic nitrogens is 3. The molecule has 0 radical (unpaired) electrons. The molecular weight excluding hydrogens is 409 g/mol. The van der Waals surface area contributed by atoms with E-state index in [4.69, 9.17) is 0 Å². The quantitative estimate of drug-likeness (QED) is 0.427. The average Bonchev–Trinajstić information content (AvgIpc) is 3.22. The Hall–Kier alpha value is -4.33. The summed E-state index contributed by atoms with van der Waals surface area (Å²) in [5, 5.41) is 12.4. The molecule has 0 saturated carbocycles. The van der Waals surface area contributed by atoms with Crippen LogP contribution in [0, 0.1) is 19.7 Å². The Bertz CT molecular complexity index is 1300. The Morgan fingerprint density at radius 1 is 0.906 bits per heavy atom. The minimum Gasteiger partial charge on any atom is -0.322 e. The smallest absolute Gasteiger partial charge is 0.258 e. The maximum absolute atomic E-state index is 13.9. The fourth-order valence-corrected chi connectivity index (χ4v) is 3.11. The molecule has 0 bridgehead atoms. The van der Waals surface area contributed by atoms with Crippen molar-refractivity contribution in [1.82, 2.24) is 15.2 Å². The Balaban J connectivity index is 1.48. The van der Waals surface area contributed by atoms with Crippen LogP contribution in [0.4, 0.5) is 15.8 Å². The van der Waals surface area contributed by atoms with Crippen molar-refractivity contribution in [3.63, 3.8) is 0 Å². The molecule has 0 aliphatic carbocycles. The number of rotatable bonds is 5. The van der Waals surface area contributed by atoms with Gasteiger partial charge in [0.05, 0.1) is 5.56 Å². The van der Waals surface area contributed by atoms with Crippen LogP contribution in [0.25, 0.3) is 11.4 Å². The summed E-state index contributed by atoms with van der Waals surface area (Å²) in [5.41, 5.74) is 2.89. The lowest BCUT2D eigenvalue weighted by Gasteiger charge is -2.12. The summed E-state index contributed by atoms with van der Waals surface area (Å²) >= 11 is 0. The highest BCUT2D eigenvalue weighted by Gasteiger charge is 2.14. The van der Waals surface area contributed by atoms with Gasteiger partial charge in [0.2, 0.25) is 0 Å². The standard InChI is InChI=1S/C24H20FN5O2/c1-14-7-8-17(13-21(14)28-24(32)19-5-3-4-6-20(19)25)23(31)27-18-11-9-16(10-12-18)22-26-15(2)29-30-22/h3-13H,1-2H3,(H,27,31)(H,28,32)(H,26,29,30). The number of carbonyl (C=O) groups excluding carboxylic acids is 2. The third-order valence-corrected chi connectivity index (χ3v) is 4.86. The number of halogens is 1. The molecule has 3 aromatic carbocycles. The highest BCUT2D eigenvalue weighted by Crippen LogP contribution is 2.21. The summed E-state index contributed by atoms with van der Waals surface area (Å²) in [4.78, 5) is 29.5. The molecule has 0 aliphatic rings. The zero-order valence-corrected chi connectivity index (χ0v) is 17.4. The van der Waals surface area contributed by atoms with E-state index in [1.807, 2.05) is 19.1 Å². The highest BCUT2D eigenvalue weighted by molar-refractivity contribution is 6.08. The van der Waals surface area contributed by atoms with E-state index in [-0.39, 0.29) is 11.5 Å². The summed E-state index contributed by atoms with van der Waals surface area (Å²) in [7, 11) is 0. The van der Waals surface area contributed by atoms with Gasteiger partial charge in [-0.15, -0.1) is 0 Å². The summed E-state index contributed by atoms with van der Waals surface area (Å²) in [6, 6.07) is 17.8. The molecule has 8 heteroatoms. The predicted molar refractivity (Wildman–Crippen MR) is 120 cm³/mol. The van der Waals surface area contributed by atoms with Crippen molar-refractivity contribution in [2.45, 2.75) is 13.8 Å². The van der Waals surface area contributed by atoms with Gasteiger partial charge in [0.25, 0.3) is 11.8 Å². The number of nitrogens with zero attached hydrogens (tertiary/aromatic N) is 2. The number of H-pyrrole nitrogens is 1. The predicted octanol–water partition coefficient (Wildman–Crippen LogP) is 4.73. The van der Waals surface area contributed by atoms with Gasteiger partial charge in [-0.2, -0.15) is 5.10 Å². The Morgan fingerprint density at radius 3 is 2.34 bits per heavy atom. The molecule has 32 heavy (non-hydrogen) atoms. The largest absolute Gasteiger partial charge is 0.322 e. The minimum absolute atomic E-state index is 0.0663. The van der Waals surface area contributed by atoms with Crippen LogP contribution in [0.1, 0.15) is 32.1 Å². The molecule has 1 aromatic heterocycles. The molecule has 1 heterocycles. The van der Waals surface area contributed by atoms with Gasteiger partial charge < -0.3 is 10.6 Å². The second-order valence-electron chi connectivity index (χ2n) is 7.24. The lowest BCUT2D eigenvalue weighted by molar-refractivity contribution is 0.101. The van der Waals surface area contributed by atoms with Gasteiger partial charge in [0.1, 0.15) is 11.6 Å². The van der Waals surface area contributed by atoms with Gasteiger partial charge in [0.15, 0.2) is 5.82 Å². The highest BCUT2D eigenvalue weighted by atomic mass is 19.1. The van der Waals surface area contributed by atoms with Crippen molar-refractivity contribution >= 4 is 23.2 Å². The Morgan fingerprint density at radius 2 is 1.66 bits per heavy atom. The average molecular weight is 429 g/mol. The molecule has 0 spiro atoms. The molecule has 4 aromatic rings. The van der Waals surface area contributed by atoms with E-state index in [0.717, 1.165) is 17.0 Å². The second-order valence-corrected chi connectivity index (χ2v) is 7.24. The van der Waals surface area contributed by atoms with Crippen molar-refractivity contribution in [2.24, 2.45) is 0 Å². The lowest BCUT2D eigenvalue weighted by Crippen LogP contribution is -2.16. The second kappa shape index (κ2) is 8.81. The molecule has 2 amide bonds. The van der Waals surface area contributed by atoms with Gasteiger partial charge in [-0.1, -0.05) is 18.2 Å². The SMILES string of the molecule is Cc1nc(-c2ccc(NC(=O)c3ccc(C)c(NC(=O)c4ccccc4F)c3)cc2)n[nH]1. The zero-order chi connectivity index (χ0) is 22.7. The number of aromatic amines is 1. The van der Waals surface area contributed by atoms with Crippen molar-refractivity contribution in [1.29, 1.82) is 0 Å². The Kier molecular flexibility index (Phi) is 5.76. The monoisotopic (exact) mass is 429 g/mol. The maximum Gasteiger partial charge on any atom is 0.258 e. The van der Waals surface area contributed by atoms with Crippen LogP contribution in [0.2, 0.25) is 0 Å². The molecule has 3 N–H and O–H groups in total. The number of hydrogen-bond donors (Lipinski definition) is 3. The molecule has 0 unspecified atom stereocenters. The summed E-state index contributed by atoms with van der Waals surface area (Å²) in [5.74, 6) is -0.238. The van der Waals surface area contributed by atoms with E-state index in [0.29, 0.717) is 22.8 Å². The van der Waals surface area contributed by atoms with E-state index in [1.54, 1.807) is 43.3 Å². The first-order valence-corrected chi connectivity index (χ1v) is 9.88. The van der Waals surface area contributed by atoms with E-state index in [2.05, 4.69) is 25.8 Å². The zero-order valence-electron chi connectivity index (χ0n) is 17.4. The molecule has 7 nitrogen and oxygen atoms in total. The van der Waals surface area contributed by atoms with Gasteiger partial charge >= 0.3 is 0 Å². The van der Waals surface area contributed by atoms with E-state index >= 15 is 0 Å². The summed E-state index contributed by atoms with van der Waals surface area (Å²) in [6.45, 7) is 3.61. The first-order valence-electron chi connectivity index (χ1n) is 9.88. The molecule has 0 saturated heterocycles. The molecule has 4 rings (SSSR count). The van der Waals surface area contributed by atoms with Gasteiger partial charge in [-0.25, -0.2) is 9.37 Å². The number of hydrogen-bond acceptors (Lipinski definition) is 4. The van der Waals surface area contributed by atoms with Crippen LogP contribution in [0.5, 0.6) is 0 Å². The molecule has 0 aliphatic heterocycles. The lowest BCUT2D eigenvalue weighted by atomic mass is 10.1. The van der Waals surface area contributed by atoms with Crippen LogP contribution in [0.3, 0.4) is 0 Å². The van der Waals surface area contributed by atoms with Gasteiger partial charge in [-0.05, 0) is 67.9 Å². The van der Waals surface area contributed by atoms with E-state index < -0.39 is 11.7 Å². The molecule has 0 fully saturated rings. The van der Waals surface area contributed by atoms with Crippen molar-refractivity contribution in [2.75, 3.05) is 10.6 Å². The number of anilines is 2. The van der Waals surface area contributed by atoms with Crippen LogP contribution < -0.4 is 10.6 Å². The number of aryl methyl sites for hydroxylation is 2. The van der Waals surface area contributed by atoms with Crippen LogP contribution in [0.15, 0.2) is 66.7 Å². The minimum atomic E-state index is -0.611. The third-order valence-electron chi connectivity index (χ3n) is 4.86. The number of benzene rings is 3. The van der Waals surface area contributed by atoms with Gasteiger partial charge in [0, 0.05) is 22.5 Å². The number of carbonyl (C=O) groups is 2. The van der Waals surface area contributed by atoms with Crippen LogP contribution in [-0.4, -0.2) is 27.0 Å². The van der Waals surface area contributed by atoms with Crippen molar-refractivity contribution in [3.8, 4) is 11.4 Å². The van der Waals surface area contributed by atoms with Crippen LogP contribution >= 0.6 is 0 Å². The third kappa shape index (κ3) is 4.54. The molecular formula is C24H20FN5O2. The van der Waals surface area contributed by atoms with Crippen molar-refractivity contribution in [3.05, 3.63) is 95.1 Å². The first kappa shape index (κ1) is 20.9.